The van der Waals surface area contributed by atoms with Gasteiger partial charge in [-0.25, -0.2) is 0 Å². The molecule has 0 saturated heterocycles. The van der Waals surface area contributed by atoms with Crippen LogP contribution in [0.4, 0.5) is 0 Å². The van der Waals surface area contributed by atoms with Gasteiger partial charge in [0.05, 0.1) is 0 Å². The van der Waals surface area contributed by atoms with Crippen molar-refractivity contribution in [2.45, 2.75) is 28.2 Å². The van der Waals surface area contributed by atoms with Gasteiger partial charge in [0.15, 0.2) is 23.0 Å². The Hall–Kier alpha value is -1.71. The number of benzene rings is 1. The molecule has 0 aliphatic rings. The number of rotatable bonds is 1. The van der Waals surface area contributed by atoms with Crippen LogP contribution >= 0.6 is 0 Å². The van der Waals surface area contributed by atoms with Gasteiger partial charge in [-0.1, -0.05) is 21.3 Å². The zero-order chi connectivity index (χ0) is 11.3. The second-order valence-electron chi connectivity index (χ2n) is 2.42. The molecule has 15 heavy (non-hydrogen) atoms. The van der Waals surface area contributed by atoms with Crippen LogP contribution in [0.25, 0.3) is 0 Å². The number of carbonyl (C=O) groups is 1. The normalized spacial score (nSPS) is 8.20. The predicted octanol–water partition coefficient (Wildman–Crippen LogP) is 2.67. The van der Waals surface area contributed by atoms with Gasteiger partial charge in [0.25, 0.3) is 0 Å². The van der Waals surface area contributed by atoms with Crippen LogP contribution in [0.5, 0.6) is 17.2 Å². The molecule has 4 heteroatoms. The van der Waals surface area contributed by atoms with Crippen molar-refractivity contribution in [1.29, 1.82) is 0 Å². The van der Waals surface area contributed by atoms with E-state index in [1.165, 1.54) is 6.92 Å². The standard InChI is InChI=1S/C8H8O4.C2H6.CH4/c1-4(9)5-2-6(10)8(12)7(11)3-5;1-2;/h2-3,10-12H,1H3;1-2H3;1H4. The maximum Gasteiger partial charge on any atom is 0.200 e. The summed E-state index contributed by atoms with van der Waals surface area (Å²) in [5, 5.41) is 26.8. The molecule has 1 aromatic carbocycles. The van der Waals surface area contributed by atoms with Crippen molar-refractivity contribution in [2.75, 3.05) is 0 Å². The van der Waals surface area contributed by atoms with E-state index in [0.29, 0.717) is 0 Å². The number of phenolic OH excluding ortho intramolecular Hbond substituents is 3. The van der Waals surface area contributed by atoms with Crippen LogP contribution in [-0.2, 0) is 0 Å². The highest BCUT2D eigenvalue weighted by atomic mass is 16.3. The Morgan fingerprint density at radius 3 is 1.67 bits per heavy atom. The first-order chi connectivity index (χ1) is 6.52. The summed E-state index contributed by atoms with van der Waals surface area (Å²) in [6, 6.07) is 2.19. The number of ketones is 1. The Bertz CT molecular complexity index is 308. The predicted molar refractivity (Wildman–Crippen MR) is 59.5 cm³/mol. The minimum absolute atomic E-state index is 0. The van der Waals surface area contributed by atoms with Crippen LogP contribution in [0.3, 0.4) is 0 Å². The molecule has 0 saturated carbocycles. The lowest BCUT2D eigenvalue weighted by molar-refractivity contribution is 0.101. The van der Waals surface area contributed by atoms with E-state index >= 15 is 0 Å². The molecule has 0 aliphatic carbocycles. The molecule has 0 heterocycles. The molecule has 86 valence electrons. The maximum absolute atomic E-state index is 10.8. The fourth-order valence-electron chi connectivity index (χ4n) is 0.807. The summed E-state index contributed by atoms with van der Waals surface area (Å²) >= 11 is 0. The highest BCUT2D eigenvalue weighted by Gasteiger charge is 2.09. The topological polar surface area (TPSA) is 77.8 Å². The first-order valence-corrected chi connectivity index (χ1v) is 4.28. The van der Waals surface area contributed by atoms with Gasteiger partial charge in [-0.05, 0) is 19.1 Å². The zero-order valence-electron chi connectivity index (χ0n) is 8.40. The fourth-order valence-corrected chi connectivity index (χ4v) is 0.807. The van der Waals surface area contributed by atoms with Gasteiger partial charge in [0.2, 0.25) is 0 Å². The van der Waals surface area contributed by atoms with Crippen molar-refractivity contribution < 1.29 is 20.1 Å². The van der Waals surface area contributed by atoms with Crippen LogP contribution in [0.15, 0.2) is 12.1 Å². The van der Waals surface area contributed by atoms with Gasteiger partial charge >= 0.3 is 0 Å². The van der Waals surface area contributed by atoms with Crippen molar-refractivity contribution in [2.24, 2.45) is 0 Å². The van der Waals surface area contributed by atoms with Crippen LogP contribution in [0.1, 0.15) is 38.6 Å². The number of phenols is 3. The summed E-state index contributed by atoms with van der Waals surface area (Å²) in [7, 11) is 0. The number of hydrogen-bond donors (Lipinski definition) is 3. The molecule has 0 atom stereocenters. The van der Waals surface area contributed by atoms with Gasteiger partial charge in [-0.2, -0.15) is 0 Å². The number of Topliss-reactive ketones (excluding diaryl/α,β-unsaturated/α-hetero) is 1. The SMILES string of the molecule is C.CC.CC(=O)c1cc(O)c(O)c(O)c1. The van der Waals surface area contributed by atoms with E-state index in [0.717, 1.165) is 12.1 Å². The van der Waals surface area contributed by atoms with Gasteiger partial charge < -0.3 is 15.3 Å². The van der Waals surface area contributed by atoms with Gasteiger partial charge in [-0.15, -0.1) is 0 Å². The van der Waals surface area contributed by atoms with E-state index < -0.39 is 17.2 Å². The summed E-state index contributed by atoms with van der Waals surface area (Å²) in [4.78, 5) is 10.8. The molecule has 3 N–H and O–H groups in total. The minimum Gasteiger partial charge on any atom is -0.504 e. The third-order valence-corrected chi connectivity index (χ3v) is 1.48. The summed E-state index contributed by atoms with van der Waals surface area (Å²) in [6.45, 7) is 5.30. The monoisotopic (exact) mass is 214 g/mol. The molecule has 0 fully saturated rings. The van der Waals surface area contributed by atoms with Crippen molar-refractivity contribution in [3.63, 3.8) is 0 Å². The van der Waals surface area contributed by atoms with Crippen LogP contribution in [0.2, 0.25) is 0 Å². The van der Waals surface area contributed by atoms with E-state index in [2.05, 4.69) is 0 Å². The highest BCUT2D eigenvalue weighted by molar-refractivity contribution is 5.95. The molecule has 0 spiro atoms. The second-order valence-corrected chi connectivity index (χ2v) is 2.42. The Balaban J connectivity index is 0. The highest BCUT2D eigenvalue weighted by Crippen LogP contribution is 2.35. The second kappa shape index (κ2) is 6.70. The van der Waals surface area contributed by atoms with Crippen molar-refractivity contribution in [1.82, 2.24) is 0 Å². The van der Waals surface area contributed by atoms with E-state index in [-0.39, 0.29) is 18.8 Å². The fraction of sp³-hybridized carbons (Fsp3) is 0.364. The Kier molecular flexibility index (Phi) is 7.04. The number of aromatic hydroxyl groups is 3. The molecule has 0 amide bonds. The lowest BCUT2D eigenvalue weighted by Crippen LogP contribution is -1.90. The zero-order valence-corrected chi connectivity index (χ0v) is 8.40. The van der Waals surface area contributed by atoms with E-state index in [4.69, 9.17) is 15.3 Å². The average molecular weight is 214 g/mol. The Labute approximate surface area is 89.8 Å². The van der Waals surface area contributed by atoms with Crippen LogP contribution < -0.4 is 0 Å². The molecule has 0 aromatic heterocycles. The molecule has 4 nitrogen and oxygen atoms in total. The lowest BCUT2D eigenvalue weighted by Gasteiger charge is -2.02. The number of carbonyl (C=O) groups excluding carboxylic acids is 1. The summed E-state index contributed by atoms with van der Waals surface area (Å²) < 4.78 is 0. The Morgan fingerprint density at radius 2 is 1.40 bits per heavy atom. The summed E-state index contributed by atoms with van der Waals surface area (Å²) in [5.41, 5.74) is 0.155. The first kappa shape index (κ1) is 15.7. The molecule has 0 aliphatic heterocycles. The smallest absolute Gasteiger partial charge is 0.200 e. The molecule has 1 rings (SSSR count). The lowest BCUT2D eigenvalue weighted by atomic mass is 10.1. The van der Waals surface area contributed by atoms with E-state index in [9.17, 15) is 4.79 Å². The number of hydrogen-bond acceptors (Lipinski definition) is 4. The quantitative estimate of drug-likeness (QED) is 0.496. The third-order valence-electron chi connectivity index (χ3n) is 1.48. The van der Waals surface area contributed by atoms with Gasteiger partial charge in [-0.3, -0.25) is 4.79 Å². The van der Waals surface area contributed by atoms with Crippen molar-refractivity contribution in [3.8, 4) is 17.2 Å². The summed E-state index contributed by atoms with van der Waals surface area (Å²) in [6.07, 6.45) is 0. The largest absolute Gasteiger partial charge is 0.504 e. The van der Waals surface area contributed by atoms with E-state index in [1.54, 1.807) is 0 Å². The molecule has 0 bridgehead atoms. The summed E-state index contributed by atoms with van der Waals surface area (Å²) in [5.74, 6) is -1.90. The van der Waals surface area contributed by atoms with Gasteiger partial charge in [0, 0.05) is 5.56 Å². The van der Waals surface area contributed by atoms with Crippen LogP contribution in [0, 0.1) is 0 Å². The van der Waals surface area contributed by atoms with Crippen molar-refractivity contribution in [3.05, 3.63) is 17.7 Å². The molecular formula is C11H18O4. The third kappa shape index (κ3) is 3.89. The molecular weight excluding hydrogens is 196 g/mol. The average Bonchev–Trinajstić information content (AvgIpc) is 2.16. The van der Waals surface area contributed by atoms with Gasteiger partial charge in [0.1, 0.15) is 0 Å². The van der Waals surface area contributed by atoms with Crippen LogP contribution in [-0.4, -0.2) is 21.1 Å². The maximum atomic E-state index is 10.8. The first-order valence-electron chi connectivity index (χ1n) is 4.28. The molecule has 0 radical (unpaired) electrons. The Morgan fingerprint density at radius 1 is 1.07 bits per heavy atom. The molecule has 0 unspecified atom stereocenters. The van der Waals surface area contributed by atoms with Crippen molar-refractivity contribution >= 4 is 5.78 Å². The van der Waals surface area contributed by atoms with E-state index in [1.807, 2.05) is 13.8 Å². The minimum atomic E-state index is -0.611. The molecule has 1 aromatic rings.